The maximum Gasteiger partial charge on any atom is 0.161 e. The van der Waals surface area contributed by atoms with Gasteiger partial charge in [-0.3, -0.25) is 4.79 Å². The highest BCUT2D eigenvalue weighted by Gasteiger charge is 2.08. The van der Waals surface area contributed by atoms with Crippen LogP contribution in [-0.4, -0.2) is 12.9 Å². The maximum absolute atomic E-state index is 10.8. The van der Waals surface area contributed by atoms with Crippen LogP contribution in [0.25, 0.3) is 0 Å². The fourth-order valence-corrected chi connectivity index (χ4v) is 2.24. The fourth-order valence-electron chi connectivity index (χ4n) is 1.78. The molecule has 110 valence electrons. The number of hydrogen-bond donors (Lipinski definition) is 0. The summed E-state index contributed by atoms with van der Waals surface area (Å²) in [6.07, 6.45) is 0.766. The number of carbonyl (C=O) groups excluding carboxylic acids is 1. The molecule has 5 heteroatoms. The van der Waals surface area contributed by atoms with Gasteiger partial charge in [0.1, 0.15) is 12.9 Å². The zero-order valence-electron chi connectivity index (χ0n) is 11.4. The van der Waals surface area contributed by atoms with Gasteiger partial charge in [0.25, 0.3) is 0 Å². The molecule has 0 heterocycles. The molecule has 0 aliphatic rings. The van der Waals surface area contributed by atoms with Crippen LogP contribution in [0.15, 0.2) is 36.4 Å². The first-order valence-electron chi connectivity index (χ1n) is 6.42. The van der Waals surface area contributed by atoms with Gasteiger partial charge < -0.3 is 9.47 Å². The largest absolute Gasteiger partial charge is 0.490 e. The molecule has 0 saturated carbocycles. The lowest BCUT2D eigenvalue weighted by Gasteiger charge is -2.13. The van der Waals surface area contributed by atoms with Crippen molar-refractivity contribution in [3.63, 3.8) is 0 Å². The Morgan fingerprint density at radius 3 is 2.52 bits per heavy atom. The van der Waals surface area contributed by atoms with E-state index < -0.39 is 0 Å². The summed E-state index contributed by atoms with van der Waals surface area (Å²) in [4.78, 5) is 10.8. The Morgan fingerprint density at radius 2 is 1.86 bits per heavy atom. The van der Waals surface area contributed by atoms with Crippen molar-refractivity contribution in [2.75, 3.05) is 6.61 Å². The molecule has 0 bridgehead atoms. The Kier molecular flexibility index (Phi) is 5.48. The van der Waals surface area contributed by atoms with E-state index in [2.05, 4.69) is 0 Å². The van der Waals surface area contributed by atoms with E-state index in [0.29, 0.717) is 33.7 Å². The van der Waals surface area contributed by atoms with Crippen molar-refractivity contribution >= 4 is 29.5 Å². The zero-order chi connectivity index (χ0) is 15.2. The molecule has 0 radical (unpaired) electrons. The Hall–Kier alpha value is -1.71. The smallest absolute Gasteiger partial charge is 0.161 e. The van der Waals surface area contributed by atoms with Gasteiger partial charge in [-0.05, 0) is 37.3 Å². The van der Waals surface area contributed by atoms with E-state index in [1.165, 1.54) is 0 Å². The first-order valence-corrected chi connectivity index (χ1v) is 7.18. The molecule has 0 N–H and O–H groups in total. The molecule has 2 aromatic rings. The first kappa shape index (κ1) is 15.7. The van der Waals surface area contributed by atoms with Crippen LogP contribution in [0.4, 0.5) is 0 Å². The van der Waals surface area contributed by atoms with Crippen molar-refractivity contribution in [2.45, 2.75) is 13.5 Å². The summed E-state index contributed by atoms with van der Waals surface area (Å²) < 4.78 is 11.2. The number of hydrogen-bond acceptors (Lipinski definition) is 3. The quantitative estimate of drug-likeness (QED) is 0.717. The van der Waals surface area contributed by atoms with Crippen molar-refractivity contribution in [3.05, 3.63) is 57.6 Å². The fraction of sp³-hybridized carbons (Fsp3) is 0.188. The summed E-state index contributed by atoms with van der Waals surface area (Å²) in [6, 6.07) is 10.3. The highest BCUT2D eigenvalue weighted by atomic mass is 35.5. The van der Waals surface area contributed by atoms with E-state index in [0.717, 1.165) is 11.8 Å². The van der Waals surface area contributed by atoms with Crippen LogP contribution in [0.5, 0.6) is 11.5 Å². The molecule has 21 heavy (non-hydrogen) atoms. The number of rotatable bonds is 6. The lowest BCUT2D eigenvalue weighted by atomic mass is 10.2. The van der Waals surface area contributed by atoms with Gasteiger partial charge in [0.15, 0.2) is 11.5 Å². The van der Waals surface area contributed by atoms with Gasteiger partial charge in [-0.15, -0.1) is 0 Å². The monoisotopic (exact) mass is 324 g/mol. The molecule has 0 saturated heterocycles. The van der Waals surface area contributed by atoms with Crippen LogP contribution >= 0.6 is 23.2 Å². The first-order chi connectivity index (χ1) is 10.1. The van der Waals surface area contributed by atoms with E-state index in [1.54, 1.807) is 30.3 Å². The molecular weight excluding hydrogens is 311 g/mol. The summed E-state index contributed by atoms with van der Waals surface area (Å²) >= 11 is 12.0. The van der Waals surface area contributed by atoms with Gasteiger partial charge in [-0.25, -0.2) is 0 Å². The maximum atomic E-state index is 10.8. The van der Waals surface area contributed by atoms with Gasteiger partial charge in [0.05, 0.1) is 6.61 Å². The number of ether oxygens (including phenoxy) is 2. The number of halogens is 2. The molecule has 0 fully saturated rings. The van der Waals surface area contributed by atoms with Gasteiger partial charge in [0.2, 0.25) is 0 Å². The van der Waals surface area contributed by atoms with E-state index >= 15 is 0 Å². The van der Waals surface area contributed by atoms with E-state index in [4.69, 9.17) is 32.7 Å². The lowest BCUT2D eigenvalue weighted by Crippen LogP contribution is -2.01. The van der Waals surface area contributed by atoms with E-state index in [1.807, 2.05) is 13.0 Å². The SMILES string of the molecule is CCOc1cc(C=O)ccc1OCc1ccc(Cl)cc1Cl. The summed E-state index contributed by atoms with van der Waals surface area (Å²) in [6.45, 7) is 2.64. The van der Waals surface area contributed by atoms with Crippen LogP contribution in [0, 0.1) is 0 Å². The molecule has 0 unspecified atom stereocenters. The summed E-state index contributed by atoms with van der Waals surface area (Å²) in [5.41, 5.74) is 1.36. The minimum Gasteiger partial charge on any atom is -0.490 e. The zero-order valence-corrected chi connectivity index (χ0v) is 12.9. The lowest BCUT2D eigenvalue weighted by molar-refractivity contribution is 0.112. The predicted octanol–water partition coefficient (Wildman–Crippen LogP) is 4.78. The topological polar surface area (TPSA) is 35.5 Å². The number of carbonyl (C=O) groups is 1. The van der Waals surface area contributed by atoms with Crippen molar-refractivity contribution < 1.29 is 14.3 Å². The molecule has 0 aliphatic carbocycles. The van der Waals surface area contributed by atoms with Gasteiger partial charge >= 0.3 is 0 Å². The molecule has 0 amide bonds. The molecule has 0 spiro atoms. The minimum absolute atomic E-state index is 0.288. The third kappa shape index (κ3) is 4.13. The standard InChI is InChI=1S/C16H14Cl2O3/c1-2-20-16-7-11(9-19)3-6-15(16)21-10-12-4-5-13(17)8-14(12)18/h3-9H,2,10H2,1H3. The van der Waals surface area contributed by atoms with Gasteiger partial charge in [-0.1, -0.05) is 29.3 Å². The molecular formula is C16H14Cl2O3. The third-order valence-corrected chi connectivity index (χ3v) is 3.39. The average molecular weight is 325 g/mol. The van der Waals surface area contributed by atoms with Crippen molar-refractivity contribution in [2.24, 2.45) is 0 Å². The highest BCUT2D eigenvalue weighted by molar-refractivity contribution is 6.35. The Morgan fingerprint density at radius 1 is 1.05 bits per heavy atom. The van der Waals surface area contributed by atoms with Crippen LogP contribution < -0.4 is 9.47 Å². The molecule has 0 aromatic heterocycles. The molecule has 2 rings (SSSR count). The van der Waals surface area contributed by atoms with Crippen molar-refractivity contribution in [1.82, 2.24) is 0 Å². The van der Waals surface area contributed by atoms with E-state index in [-0.39, 0.29) is 6.61 Å². The van der Waals surface area contributed by atoms with Crippen molar-refractivity contribution in [1.29, 1.82) is 0 Å². The van der Waals surface area contributed by atoms with Gasteiger partial charge in [0, 0.05) is 21.2 Å². The van der Waals surface area contributed by atoms with Gasteiger partial charge in [-0.2, -0.15) is 0 Å². The Balaban J connectivity index is 2.17. The number of benzene rings is 2. The second-order valence-electron chi connectivity index (χ2n) is 4.28. The second-order valence-corrected chi connectivity index (χ2v) is 5.13. The number of aldehydes is 1. The Bertz CT molecular complexity index is 641. The summed E-state index contributed by atoms with van der Waals surface area (Å²) in [5, 5.41) is 1.12. The third-order valence-electron chi connectivity index (χ3n) is 2.80. The van der Waals surface area contributed by atoms with Crippen LogP contribution in [-0.2, 0) is 6.61 Å². The average Bonchev–Trinajstić information content (AvgIpc) is 2.47. The van der Waals surface area contributed by atoms with Crippen LogP contribution in [0.3, 0.4) is 0 Å². The Labute approximate surface area is 133 Å². The van der Waals surface area contributed by atoms with E-state index in [9.17, 15) is 4.79 Å². The summed E-state index contributed by atoms with van der Waals surface area (Å²) in [7, 11) is 0. The molecule has 3 nitrogen and oxygen atoms in total. The predicted molar refractivity (Wildman–Crippen MR) is 83.8 cm³/mol. The van der Waals surface area contributed by atoms with Crippen LogP contribution in [0.2, 0.25) is 10.0 Å². The molecule has 2 aromatic carbocycles. The molecule has 0 atom stereocenters. The van der Waals surface area contributed by atoms with Crippen LogP contribution in [0.1, 0.15) is 22.8 Å². The highest BCUT2D eigenvalue weighted by Crippen LogP contribution is 2.30. The second kappa shape index (κ2) is 7.34. The summed E-state index contributed by atoms with van der Waals surface area (Å²) in [5.74, 6) is 1.10. The molecule has 0 aliphatic heterocycles. The van der Waals surface area contributed by atoms with Crippen molar-refractivity contribution in [3.8, 4) is 11.5 Å². The minimum atomic E-state index is 0.288. The normalized spacial score (nSPS) is 10.2.